The van der Waals surface area contributed by atoms with E-state index in [-0.39, 0.29) is 12.5 Å². The van der Waals surface area contributed by atoms with Gasteiger partial charge in [0, 0.05) is 5.92 Å². The minimum absolute atomic E-state index is 0.106. The lowest BCUT2D eigenvalue weighted by molar-refractivity contribution is -0.137. The summed E-state index contributed by atoms with van der Waals surface area (Å²) >= 11 is 0. The number of carbonyl (C=O) groups excluding carboxylic acids is 3. The van der Waals surface area contributed by atoms with E-state index >= 15 is 0 Å². The summed E-state index contributed by atoms with van der Waals surface area (Å²) in [5.41, 5.74) is 3.02. The molecule has 3 amide bonds. The molecule has 32 heavy (non-hydrogen) atoms. The third kappa shape index (κ3) is 5.23. The first-order valence-electron chi connectivity index (χ1n) is 10.1. The van der Waals surface area contributed by atoms with Gasteiger partial charge in [-0.3, -0.25) is 14.4 Å². The van der Waals surface area contributed by atoms with Gasteiger partial charge in [-0.1, -0.05) is 48.5 Å². The Kier molecular flexibility index (Phi) is 6.77. The minimum Gasteiger partial charge on any atom is -0.480 e. The number of ether oxygens (including phenoxy) is 1. The van der Waals surface area contributed by atoms with Crippen molar-refractivity contribution in [3.63, 3.8) is 0 Å². The molecule has 4 N–H and O–H groups in total. The quantitative estimate of drug-likeness (QED) is 0.494. The molecule has 2 aromatic rings. The van der Waals surface area contributed by atoms with E-state index in [1.807, 2.05) is 48.5 Å². The number of nitrogens with one attached hydrogen (secondary N) is 3. The Balaban J connectivity index is 1.55. The minimum atomic E-state index is -1.35. The van der Waals surface area contributed by atoms with E-state index in [4.69, 9.17) is 9.84 Å². The van der Waals surface area contributed by atoms with Crippen LogP contribution in [-0.2, 0) is 19.1 Å². The summed E-state index contributed by atoms with van der Waals surface area (Å²) in [7, 11) is 0. The number of carbonyl (C=O) groups is 4. The van der Waals surface area contributed by atoms with Gasteiger partial charge in [0.05, 0.1) is 6.54 Å². The zero-order valence-corrected chi connectivity index (χ0v) is 17.8. The summed E-state index contributed by atoms with van der Waals surface area (Å²) < 4.78 is 5.44. The van der Waals surface area contributed by atoms with Crippen LogP contribution in [0.25, 0.3) is 11.1 Å². The SMILES string of the molecule is CC(C)(NC(=O)OCC1c2ccccc2-c2ccccc21)C(=O)NCC(=O)NCC(=O)O. The van der Waals surface area contributed by atoms with E-state index in [0.717, 1.165) is 22.3 Å². The highest BCUT2D eigenvalue weighted by Gasteiger charge is 2.32. The first-order chi connectivity index (χ1) is 15.2. The molecule has 0 atom stereocenters. The number of benzene rings is 2. The summed E-state index contributed by atoms with van der Waals surface area (Å²) in [6.45, 7) is 2.09. The number of rotatable bonds is 8. The fourth-order valence-electron chi connectivity index (χ4n) is 3.56. The topological polar surface area (TPSA) is 134 Å². The Bertz CT molecular complexity index is 1000. The fourth-order valence-corrected chi connectivity index (χ4v) is 3.56. The molecule has 0 fully saturated rings. The monoisotopic (exact) mass is 439 g/mol. The van der Waals surface area contributed by atoms with Crippen molar-refractivity contribution in [2.24, 2.45) is 0 Å². The number of aliphatic carboxylic acids is 1. The van der Waals surface area contributed by atoms with Crippen molar-refractivity contribution in [1.29, 1.82) is 0 Å². The van der Waals surface area contributed by atoms with Crippen LogP contribution in [0.2, 0.25) is 0 Å². The molecule has 0 spiro atoms. The highest BCUT2D eigenvalue weighted by atomic mass is 16.5. The maximum atomic E-state index is 12.4. The molecule has 0 radical (unpaired) electrons. The smallest absolute Gasteiger partial charge is 0.408 e. The molecule has 0 aromatic heterocycles. The Morgan fingerprint density at radius 3 is 2.03 bits per heavy atom. The zero-order valence-electron chi connectivity index (χ0n) is 17.8. The van der Waals surface area contributed by atoms with Crippen LogP contribution < -0.4 is 16.0 Å². The number of carboxylic acids is 1. The van der Waals surface area contributed by atoms with Gasteiger partial charge in [-0.2, -0.15) is 0 Å². The van der Waals surface area contributed by atoms with Crippen molar-refractivity contribution in [3.05, 3.63) is 59.7 Å². The first kappa shape index (κ1) is 22.8. The number of fused-ring (bicyclic) bond motifs is 3. The number of hydrogen-bond donors (Lipinski definition) is 4. The number of alkyl carbamates (subject to hydrolysis) is 1. The van der Waals surface area contributed by atoms with E-state index < -0.39 is 42.5 Å². The lowest BCUT2D eigenvalue weighted by Crippen LogP contribution is -2.56. The number of hydrogen-bond acceptors (Lipinski definition) is 5. The molecule has 0 bridgehead atoms. The molecule has 168 valence electrons. The molecule has 2 aromatic carbocycles. The summed E-state index contributed by atoms with van der Waals surface area (Å²) in [5.74, 6) is -2.57. The van der Waals surface area contributed by atoms with Crippen LogP contribution in [0, 0.1) is 0 Å². The zero-order chi connectivity index (χ0) is 23.3. The Morgan fingerprint density at radius 2 is 1.47 bits per heavy atom. The van der Waals surface area contributed by atoms with Gasteiger partial charge in [-0.05, 0) is 36.1 Å². The lowest BCUT2D eigenvalue weighted by Gasteiger charge is -2.25. The number of amides is 3. The van der Waals surface area contributed by atoms with Gasteiger partial charge < -0.3 is 25.8 Å². The second kappa shape index (κ2) is 9.51. The molecule has 1 aliphatic rings. The standard InChI is InChI=1S/C23H25N3O6/c1-23(2,21(30)25-11-19(27)24-12-20(28)29)26-22(31)32-13-18-16-9-5-3-7-14(16)15-8-4-6-10-17(15)18/h3-10,18H,11-13H2,1-2H3,(H,24,27)(H,25,30)(H,26,31)(H,28,29). The predicted octanol–water partition coefficient (Wildman–Crippen LogP) is 1.62. The van der Waals surface area contributed by atoms with Crippen LogP contribution in [0.1, 0.15) is 30.9 Å². The van der Waals surface area contributed by atoms with Gasteiger partial charge in [-0.15, -0.1) is 0 Å². The largest absolute Gasteiger partial charge is 0.480 e. The van der Waals surface area contributed by atoms with E-state index in [0.29, 0.717) is 0 Å². The average molecular weight is 439 g/mol. The third-order valence-electron chi connectivity index (χ3n) is 5.17. The highest BCUT2D eigenvalue weighted by molar-refractivity contribution is 5.92. The molecule has 9 nitrogen and oxygen atoms in total. The van der Waals surface area contributed by atoms with Gasteiger partial charge in [-0.25, -0.2) is 4.79 Å². The summed E-state index contributed by atoms with van der Waals surface area (Å²) in [5, 5.41) is 15.5. The first-order valence-corrected chi connectivity index (χ1v) is 10.1. The summed E-state index contributed by atoms with van der Waals surface area (Å²) in [6.07, 6.45) is -0.762. The van der Waals surface area contributed by atoms with E-state index in [1.54, 1.807) is 0 Å². The molecule has 0 aliphatic heterocycles. The molecule has 0 saturated carbocycles. The van der Waals surface area contributed by atoms with Gasteiger partial charge in [0.25, 0.3) is 0 Å². The van der Waals surface area contributed by atoms with Crippen molar-refractivity contribution in [3.8, 4) is 11.1 Å². The van der Waals surface area contributed by atoms with Crippen molar-refractivity contribution in [2.45, 2.75) is 25.3 Å². The molecule has 3 rings (SSSR count). The molecule has 0 saturated heterocycles. The van der Waals surface area contributed by atoms with Gasteiger partial charge in [0.2, 0.25) is 11.8 Å². The van der Waals surface area contributed by atoms with E-state index in [2.05, 4.69) is 16.0 Å². The van der Waals surface area contributed by atoms with Gasteiger partial charge in [0.1, 0.15) is 18.7 Å². The molecule has 9 heteroatoms. The van der Waals surface area contributed by atoms with Crippen LogP contribution in [0.15, 0.2) is 48.5 Å². The summed E-state index contributed by atoms with van der Waals surface area (Å²) in [4.78, 5) is 46.8. The van der Waals surface area contributed by atoms with Crippen molar-refractivity contribution >= 4 is 23.9 Å². The summed E-state index contributed by atoms with van der Waals surface area (Å²) in [6, 6.07) is 15.9. The second-order valence-electron chi connectivity index (χ2n) is 7.93. The lowest BCUT2D eigenvalue weighted by atomic mass is 9.98. The van der Waals surface area contributed by atoms with Gasteiger partial charge in [0.15, 0.2) is 0 Å². The predicted molar refractivity (Wildman–Crippen MR) is 116 cm³/mol. The molecule has 0 heterocycles. The Labute approximate surface area is 185 Å². The number of carboxylic acid groups (broad SMARTS) is 1. The van der Waals surface area contributed by atoms with Crippen LogP contribution in [0.3, 0.4) is 0 Å². The molecular weight excluding hydrogens is 414 g/mol. The van der Waals surface area contributed by atoms with Crippen molar-refractivity contribution in [1.82, 2.24) is 16.0 Å². The maximum Gasteiger partial charge on any atom is 0.408 e. The normalized spacial score (nSPS) is 12.3. The highest BCUT2D eigenvalue weighted by Crippen LogP contribution is 2.44. The Morgan fingerprint density at radius 1 is 0.906 bits per heavy atom. The van der Waals surface area contributed by atoms with Crippen LogP contribution in [0.4, 0.5) is 4.79 Å². The fraction of sp³-hybridized carbons (Fsp3) is 0.304. The van der Waals surface area contributed by atoms with Crippen molar-refractivity contribution in [2.75, 3.05) is 19.7 Å². The van der Waals surface area contributed by atoms with Gasteiger partial charge >= 0.3 is 12.1 Å². The van der Waals surface area contributed by atoms with Crippen LogP contribution in [0.5, 0.6) is 0 Å². The van der Waals surface area contributed by atoms with E-state index in [1.165, 1.54) is 13.8 Å². The molecule has 0 unspecified atom stereocenters. The van der Waals surface area contributed by atoms with Crippen molar-refractivity contribution < 1.29 is 29.0 Å². The van der Waals surface area contributed by atoms with E-state index in [9.17, 15) is 19.2 Å². The Hall–Kier alpha value is -3.88. The molecular formula is C23H25N3O6. The maximum absolute atomic E-state index is 12.4. The third-order valence-corrected chi connectivity index (χ3v) is 5.17. The average Bonchev–Trinajstić information content (AvgIpc) is 3.08. The second-order valence-corrected chi connectivity index (χ2v) is 7.93. The molecule has 1 aliphatic carbocycles. The van der Waals surface area contributed by atoms with Crippen LogP contribution in [-0.4, -0.2) is 54.2 Å². The van der Waals surface area contributed by atoms with Crippen LogP contribution >= 0.6 is 0 Å².